The second-order valence-corrected chi connectivity index (χ2v) is 11.1. The van der Waals surface area contributed by atoms with Crippen LogP contribution in [0, 0.1) is 0 Å². The summed E-state index contributed by atoms with van der Waals surface area (Å²) < 4.78 is 23.3. The van der Waals surface area contributed by atoms with Gasteiger partial charge >= 0.3 is 18.6 Å². The molecule has 4 nitrogen and oxygen atoms in total. The van der Waals surface area contributed by atoms with E-state index < -0.39 is 18.6 Å². The fourth-order valence-electron chi connectivity index (χ4n) is 2.94. The van der Waals surface area contributed by atoms with Crippen LogP contribution < -0.4 is 0 Å². The van der Waals surface area contributed by atoms with Crippen molar-refractivity contribution in [3.05, 3.63) is 0 Å². The summed E-state index contributed by atoms with van der Waals surface area (Å²) in [6.45, 7) is 8.37. The average Bonchev–Trinajstić information content (AvgIpc) is 2.42. The van der Waals surface area contributed by atoms with Crippen molar-refractivity contribution in [1.29, 1.82) is 0 Å². The van der Waals surface area contributed by atoms with E-state index in [2.05, 4.69) is 27.7 Å². The highest BCUT2D eigenvalue weighted by Gasteiger charge is 2.36. The van der Waals surface area contributed by atoms with Crippen molar-refractivity contribution in [2.45, 2.75) is 76.7 Å². The molecule has 0 amide bonds. The van der Waals surface area contributed by atoms with Crippen LogP contribution in [0.5, 0.6) is 0 Å². The third kappa shape index (κ3) is 5.95. The molecule has 0 heterocycles. The van der Waals surface area contributed by atoms with E-state index in [0.717, 1.165) is 0 Å². The summed E-state index contributed by atoms with van der Waals surface area (Å²) in [5, 5.41) is 0. The molecule has 0 N–H and O–H groups in total. The Bertz CT molecular complexity index is 230. The maximum Gasteiger partial charge on any atom is 0.324 e. The van der Waals surface area contributed by atoms with Gasteiger partial charge in [0.2, 0.25) is 0 Å². The molecule has 2 unspecified atom stereocenters. The van der Waals surface area contributed by atoms with Crippen LogP contribution in [0.15, 0.2) is 0 Å². The van der Waals surface area contributed by atoms with Crippen molar-refractivity contribution in [1.82, 2.24) is 0 Å². The summed E-state index contributed by atoms with van der Waals surface area (Å²) in [6.07, 6.45) is 5.36. The summed E-state index contributed by atoms with van der Waals surface area (Å²) in [4.78, 5) is 0. The van der Waals surface area contributed by atoms with Gasteiger partial charge in [-0.2, -0.15) is 0 Å². The summed E-state index contributed by atoms with van der Waals surface area (Å²) in [6, 6.07) is 0. The summed E-state index contributed by atoms with van der Waals surface area (Å²) in [7, 11) is 0.582. The quantitative estimate of drug-likeness (QED) is 0.644. The maximum atomic E-state index is 5.99. The Morgan fingerprint density at radius 1 is 0.700 bits per heavy atom. The van der Waals surface area contributed by atoms with Crippen LogP contribution in [0.3, 0.4) is 0 Å². The van der Waals surface area contributed by atoms with Crippen molar-refractivity contribution in [3.63, 3.8) is 0 Å². The lowest BCUT2D eigenvalue weighted by Gasteiger charge is -2.35. The lowest BCUT2D eigenvalue weighted by atomic mass is 9.99. The maximum absolute atomic E-state index is 5.99. The minimum Gasteiger partial charge on any atom is -0.400 e. The molecule has 1 aliphatic carbocycles. The standard InChI is InChI=1S/C14H32O4Si2/c1-11(2)17-19(15-5)13-7-9-14(10-8-13)20(16-6)18-12(3)4/h11-14,19-20H,7-10H2,1-6H3. The molecule has 0 radical (unpaired) electrons. The smallest absolute Gasteiger partial charge is 0.324 e. The van der Waals surface area contributed by atoms with Gasteiger partial charge in [-0.1, -0.05) is 0 Å². The van der Waals surface area contributed by atoms with Gasteiger partial charge in [0.05, 0.1) is 0 Å². The van der Waals surface area contributed by atoms with Crippen molar-refractivity contribution in [2.75, 3.05) is 14.2 Å². The van der Waals surface area contributed by atoms with Crippen LogP contribution in [-0.4, -0.2) is 45.0 Å². The SMILES string of the molecule is CO[SiH](OC(C)C)C1CCC([SiH](OC)OC(C)C)CC1. The zero-order valence-electron chi connectivity index (χ0n) is 13.9. The van der Waals surface area contributed by atoms with Gasteiger partial charge in [-0.15, -0.1) is 0 Å². The minimum absolute atomic E-state index is 0.273. The van der Waals surface area contributed by atoms with E-state index in [-0.39, 0.29) is 12.2 Å². The van der Waals surface area contributed by atoms with Crippen molar-refractivity contribution in [2.24, 2.45) is 0 Å². The monoisotopic (exact) mass is 320 g/mol. The molecule has 0 bridgehead atoms. The summed E-state index contributed by atoms with van der Waals surface area (Å²) in [5.74, 6) is 0. The van der Waals surface area contributed by atoms with E-state index in [9.17, 15) is 0 Å². The van der Waals surface area contributed by atoms with E-state index in [0.29, 0.717) is 11.1 Å². The van der Waals surface area contributed by atoms with Crippen LogP contribution in [-0.2, 0) is 17.7 Å². The van der Waals surface area contributed by atoms with Crippen molar-refractivity contribution < 1.29 is 17.7 Å². The van der Waals surface area contributed by atoms with Gasteiger partial charge in [-0.25, -0.2) is 0 Å². The Morgan fingerprint density at radius 2 is 1.00 bits per heavy atom. The fourth-order valence-corrected chi connectivity index (χ4v) is 7.31. The zero-order valence-corrected chi connectivity index (χ0v) is 16.2. The molecule has 6 heteroatoms. The van der Waals surface area contributed by atoms with Gasteiger partial charge in [0, 0.05) is 26.4 Å². The predicted octanol–water partition coefficient (Wildman–Crippen LogP) is 2.88. The molecule has 1 rings (SSSR count). The van der Waals surface area contributed by atoms with E-state index >= 15 is 0 Å². The molecular formula is C14H32O4Si2. The molecule has 2 atom stereocenters. The first-order chi connectivity index (χ1) is 9.47. The molecule has 0 aromatic heterocycles. The summed E-state index contributed by atoms with van der Waals surface area (Å²) >= 11 is 0. The Hall–Kier alpha value is 0.274. The lowest BCUT2D eigenvalue weighted by Crippen LogP contribution is -2.36. The van der Waals surface area contributed by atoms with Gasteiger partial charge in [-0.05, 0) is 64.5 Å². The molecule has 20 heavy (non-hydrogen) atoms. The third-order valence-corrected chi connectivity index (χ3v) is 9.29. The van der Waals surface area contributed by atoms with Crippen molar-refractivity contribution in [3.8, 4) is 0 Å². The molecular weight excluding hydrogens is 288 g/mol. The Labute approximate surface area is 127 Å². The highest BCUT2D eigenvalue weighted by molar-refractivity contribution is 6.47. The first-order valence-electron chi connectivity index (χ1n) is 7.84. The second-order valence-electron chi connectivity index (χ2n) is 6.25. The number of hydrogen-bond donors (Lipinski definition) is 0. The van der Waals surface area contributed by atoms with Gasteiger partial charge < -0.3 is 17.7 Å². The molecule has 1 fully saturated rings. The van der Waals surface area contributed by atoms with Crippen LogP contribution in [0.1, 0.15) is 53.4 Å². The Kier molecular flexibility index (Phi) is 8.54. The largest absolute Gasteiger partial charge is 0.400 e. The molecule has 0 aliphatic heterocycles. The minimum atomic E-state index is -1.51. The fraction of sp³-hybridized carbons (Fsp3) is 1.00. The zero-order chi connectivity index (χ0) is 15.1. The normalized spacial score (nSPS) is 27.0. The molecule has 0 aromatic rings. The number of hydrogen-bond acceptors (Lipinski definition) is 4. The van der Waals surface area contributed by atoms with Crippen LogP contribution in [0.4, 0.5) is 0 Å². The van der Waals surface area contributed by atoms with Crippen LogP contribution in [0.2, 0.25) is 11.1 Å². The van der Waals surface area contributed by atoms with E-state index in [1.165, 1.54) is 25.7 Å². The van der Waals surface area contributed by atoms with Gasteiger partial charge in [-0.3, -0.25) is 0 Å². The molecule has 1 saturated carbocycles. The third-order valence-electron chi connectivity index (χ3n) is 3.86. The first-order valence-corrected chi connectivity index (χ1v) is 11.1. The van der Waals surface area contributed by atoms with Crippen molar-refractivity contribution >= 4 is 18.6 Å². The lowest BCUT2D eigenvalue weighted by molar-refractivity contribution is 0.153. The highest BCUT2D eigenvalue weighted by atomic mass is 28.3. The second kappa shape index (κ2) is 9.32. The van der Waals surface area contributed by atoms with E-state index in [1.807, 2.05) is 0 Å². The van der Waals surface area contributed by atoms with Gasteiger partial charge in [0.1, 0.15) is 0 Å². The number of rotatable bonds is 8. The Balaban J connectivity index is 2.45. The predicted molar refractivity (Wildman–Crippen MR) is 86.7 cm³/mol. The van der Waals surface area contributed by atoms with E-state index in [4.69, 9.17) is 17.7 Å². The van der Waals surface area contributed by atoms with E-state index in [1.54, 1.807) is 14.2 Å². The topological polar surface area (TPSA) is 36.9 Å². The molecule has 0 saturated heterocycles. The first kappa shape index (κ1) is 18.3. The molecule has 1 aliphatic rings. The molecule has 0 spiro atoms. The Morgan fingerprint density at radius 3 is 1.20 bits per heavy atom. The van der Waals surface area contributed by atoms with Gasteiger partial charge in [0.15, 0.2) is 0 Å². The van der Waals surface area contributed by atoms with Crippen LogP contribution in [0.25, 0.3) is 0 Å². The summed E-state index contributed by atoms with van der Waals surface area (Å²) in [5.41, 5.74) is 1.29. The molecule has 0 aromatic carbocycles. The molecule has 120 valence electrons. The highest BCUT2D eigenvalue weighted by Crippen LogP contribution is 2.40. The average molecular weight is 321 g/mol. The van der Waals surface area contributed by atoms with Gasteiger partial charge in [0.25, 0.3) is 0 Å². The van der Waals surface area contributed by atoms with Crippen LogP contribution >= 0.6 is 0 Å².